The van der Waals surface area contributed by atoms with E-state index in [0.29, 0.717) is 13.2 Å². The zero-order chi connectivity index (χ0) is 22.5. The number of rotatable bonds is 7. The molecular weight excluding hydrogens is 410 g/mol. The summed E-state index contributed by atoms with van der Waals surface area (Å²) < 4.78 is 6.08. The van der Waals surface area contributed by atoms with E-state index < -0.39 is 0 Å². The number of thiophene rings is 1. The van der Waals surface area contributed by atoms with Crippen LogP contribution in [0.4, 0.5) is 4.79 Å². The van der Waals surface area contributed by atoms with E-state index in [1.807, 2.05) is 63.8 Å². The summed E-state index contributed by atoms with van der Waals surface area (Å²) in [5.74, 6) is 0.738. The predicted octanol–water partition coefficient (Wildman–Crippen LogP) is 4.39. The van der Waals surface area contributed by atoms with E-state index in [1.165, 1.54) is 10.4 Å². The maximum atomic E-state index is 13.4. The molecule has 7 heteroatoms. The first kappa shape index (κ1) is 23.1. The van der Waals surface area contributed by atoms with Crippen LogP contribution in [0.3, 0.4) is 0 Å². The van der Waals surface area contributed by atoms with Crippen LogP contribution in [0.5, 0.6) is 5.75 Å². The van der Waals surface area contributed by atoms with Gasteiger partial charge in [0.1, 0.15) is 18.9 Å². The number of urea groups is 1. The molecule has 1 aromatic carbocycles. The molecule has 1 aliphatic heterocycles. The highest BCUT2D eigenvalue weighted by Crippen LogP contribution is 2.34. The second kappa shape index (κ2) is 10.2. The van der Waals surface area contributed by atoms with E-state index in [9.17, 15) is 9.59 Å². The molecule has 3 rings (SSSR count). The third kappa shape index (κ3) is 5.79. The maximum Gasteiger partial charge on any atom is 0.318 e. The molecule has 1 atom stereocenters. The third-order valence-electron chi connectivity index (χ3n) is 5.45. The lowest BCUT2D eigenvalue weighted by molar-refractivity contribution is -0.135. The van der Waals surface area contributed by atoms with Gasteiger partial charge in [-0.1, -0.05) is 17.7 Å². The van der Waals surface area contributed by atoms with E-state index >= 15 is 0 Å². The molecule has 0 saturated heterocycles. The van der Waals surface area contributed by atoms with Crippen molar-refractivity contribution in [1.82, 2.24) is 15.1 Å². The zero-order valence-electron chi connectivity index (χ0n) is 19.1. The predicted molar refractivity (Wildman–Crippen MR) is 125 cm³/mol. The molecule has 2 heterocycles. The maximum absolute atomic E-state index is 13.4. The molecule has 3 amide bonds. The van der Waals surface area contributed by atoms with Gasteiger partial charge in [0.15, 0.2) is 0 Å². The van der Waals surface area contributed by atoms with Crippen LogP contribution in [0.1, 0.15) is 49.7 Å². The van der Waals surface area contributed by atoms with Crippen molar-refractivity contribution in [2.75, 3.05) is 19.7 Å². The van der Waals surface area contributed by atoms with Crippen molar-refractivity contribution >= 4 is 23.3 Å². The summed E-state index contributed by atoms with van der Waals surface area (Å²) in [5, 5.41) is 4.98. The molecule has 168 valence electrons. The van der Waals surface area contributed by atoms with Gasteiger partial charge in [-0.05, 0) is 70.2 Å². The summed E-state index contributed by atoms with van der Waals surface area (Å²) in [4.78, 5) is 30.7. The van der Waals surface area contributed by atoms with Crippen molar-refractivity contribution in [3.05, 3.63) is 51.7 Å². The number of ether oxygens (including phenoxy) is 1. The summed E-state index contributed by atoms with van der Waals surface area (Å²) >= 11 is 1.73. The number of carbonyl (C=O) groups excluding carboxylic acids is 2. The number of nitrogens with one attached hydrogen (secondary N) is 1. The van der Waals surface area contributed by atoms with Crippen molar-refractivity contribution in [2.45, 2.75) is 59.2 Å². The lowest BCUT2D eigenvalue weighted by Crippen LogP contribution is -2.52. The molecule has 0 fully saturated rings. The average molecular weight is 444 g/mol. The molecule has 6 nitrogen and oxygen atoms in total. The minimum atomic E-state index is -0.209. The summed E-state index contributed by atoms with van der Waals surface area (Å²) in [6.45, 7) is 10.8. The Morgan fingerprint density at radius 3 is 2.55 bits per heavy atom. The second-order valence-electron chi connectivity index (χ2n) is 8.60. The normalized spacial score (nSPS) is 15.7. The lowest BCUT2D eigenvalue weighted by atomic mass is 10.0. The van der Waals surface area contributed by atoms with E-state index in [1.54, 1.807) is 16.2 Å². The number of benzene rings is 1. The Labute approximate surface area is 189 Å². The van der Waals surface area contributed by atoms with E-state index in [2.05, 4.69) is 16.8 Å². The van der Waals surface area contributed by atoms with Crippen LogP contribution in [-0.4, -0.2) is 53.5 Å². The van der Waals surface area contributed by atoms with Crippen LogP contribution >= 0.6 is 11.3 Å². The SMILES string of the molecule is Cc1ccc(OCC2c3ccsc3CCN2C(=O)CN(C(=O)NC(C)C)C(C)C)cc1. The van der Waals surface area contributed by atoms with Gasteiger partial charge >= 0.3 is 6.03 Å². The highest BCUT2D eigenvalue weighted by atomic mass is 32.1. The monoisotopic (exact) mass is 443 g/mol. The fourth-order valence-corrected chi connectivity index (χ4v) is 4.67. The average Bonchev–Trinajstić information content (AvgIpc) is 3.19. The first-order chi connectivity index (χ1) is 14.8. The Balaban J connectivity index is 1.76. The number of amides is 3. The van der Waals surface area contributed by atoms with Crippen LogP contribution in [-0.2, 0) is 11.2 Å². The molecule has 0 aliphatic carbocycles. The number of fused-ring (bicyclic) bond motifs is 1. The first-order valence-electron chi connectivity index (χ1n) is 10.9. The van der Waals surface area contributed by atoms with E-state index in [0.717, 1.165) is 17.7 Å². The lowest BCUT2D eigenvalue weighted by Gasteiger charge is -2.37. The standard InChI is InChI=1S/C24H33N3O3S/c1-16(2)25-24(29)27(17(3)4)14-23(28)26-12-10-22-20(11-13-31-22)21(26)15-30-19-8-6-18(5)7-9-19/h6-9,11,13,16-17,21H,10,12,14-15H2,1-5H3,(H,25,29). The number of carbonyl (C=O) groups is 2. The molecule has 1 aliphatic rings. The van der Waals surface area contributed by atoms with Crippen LogP contribution < -0.4 is 10.1 Å². The Hall–Kier alpha value is -2.54. The molecule has 2 aromatic rings. The summed E-state index contributed by atoms with van der Waals surface area (Å²) in [5.41, 5.74) is 2.33. The highest BCUT2D eigenvalue weighted by molar-refractivity contribution is 7.10. The topological polar surface area (TPSA) is 61.9 Å². The second-order valence-corrected chi connectivity index (χ2v) is 9.60. The molecule has 1 unspecified atom stereocenters. The van der Waals surface area contributed by atoms with Gasteiger partial charge in [-0.3, -0.25) is 4.79 Å². The van der Waals surface area contributed by atoms with Crippen LogP contribution in [0.2, 0.25) is 0 Å². The Morgan fingerprint density at radius 2 is 1.90 bits per heavy atom. The Kier molecular flexibility index (Phi) is 7.59. The summed E-state index contributed by atoms with van der Waals surface area (Å²) in [6, 6.07) is 9.60. The van der Waals surface area contributed by atoms with Gasteiger partial charge in [-0.25, -0.2) is 4.79 Å². The van der Waals surface area contributed by atoms with Crippen molar-refractivity contribution in [3.8, 4) is 5.75 Å². The van der Waals surface area contributed by atoms with Crippen LogP contribution in [0, 0.1) is 6.92 Å². The number of aryl methyl sites for hydroxylation is 1. The molecule has 0 saturated carbocycles. The largest absolute Gasteiger partial charge is 0.491 e. The van der Waals surface area contributed by atoms with Gasteiger partial charge in [0.25, 0.3) is 0 Å². The Bertz CT molecular complexity index is 892. The number of hydrogen-bond donors (Lipinski definition) is 1. The summed E-state index contributed by atoms with van der Waals surface area (Å²) in [6.07, 6.45) is 0.833. The van der Waals surface area contributed by atoms with Crippen molar-refractivity contribution in [1.29, 1.82) is 0 Å². The summed E-state index contributed by atoms with van der Waals surface area (Å²) in [7, 11) is 0. The fraction of sp³-hybridized carbons (Fsp3) is 0.500. The van der Waals surface area contributed by atoms with E-state index in [-0.39, 0.29) is 36.6 Å². The minimum absolute atomic E-state index is 0.0165. The van der Waals surface area contributed by atoms with Gasteiger partial charge in [0, 0.05) is 23.5 Å². The number of hydrogen-bond acceptors (Lipinski definition) is 4. The van der Waals surface area contributed by atoms with Crippen molar-refractivity contribution in [2.24, 2.45) is 0 Å². The molecule has 0 radical (unpaired) electrons. The molecule has 1 aromatic heterocycles. The van der Waals surface area contributed by atoms with Crippen molar-refractivity contribution < 1.29 is 14.3 Å². The Morgan fingerprint density at radius 1 is 1.19 bits per heavy atom. The van der Waals surface area contributed by atoms with E-state index in [4.69, 9.17) is 4.74 Å². The fourth-order valence-electron chi connectivity index (χ4n) is 3.74. The first-order valence-corrected chi connectivity index (χ1v) is 11.8. The van der Waals surface area contributed by atoms with Gasteiger partial charge in [-0.15, -0.1) is 11.3 Å². The molecular formula is C24H33N3O3S. The zero-order valence-corrected chi connectivity index (χ0v) is 19.9. The quantitative estimate of drug-likeness (QED) is 0.690. The van der Waals surface area contributed by atoms with Gasteiger partial charge in [-0.2, -0.15) is 0 Å². The highest BCUT2D eigenvalue weighted by Gasteiger charge is 2.34. The van der Waals surface area contributed by atoms with Crippen LogP contribution in [0.25, 0.3) is 0 Å². The van der Waals surface area contributed by atoms with Crippen molar-refractivity contribution in [3.63, 3.8) is 0 Å². The van der Waals surface area contributed by atoms with Gasteiger partial charge in [0.2, 0.25) is 5.91 Å². The minimum Gasteiger partial charge on any atom is -0.491 e. The van der Waals surface area contributed by atoms with Gasteiger partial charge in [0.05, 0.1) is 6.04 Å². The molecule has 0 bridgehead atoms. The van der Waals surface area contributed by atoms with Gasteiger partial charge < -0.3 is 19.9 Å². The third-order valence-corrected chi connectivity index (χ3v) is 6.44. The molecule has 0 spiro atoms. The molecule has 1 N–H and O–H groups in total. The van der Waals surface area contributed by atoms with Crippen LogP contribution in [0.15, 0.2) is 35.7 Å². The smallest absolute Gasteiger partial charge is 0.318 e. The number of nitrogens with zero attached hydrogens (tertiary/aromatic N) is 2. The molecule has 31 heavy (non-hydrogen) atoms.